The molecule has 0 aliphatic heterocycles. The maximum Gasteiger partial charge on any atom is 0.272 e. The first kappa shape index (κ1) is 15.4. The lowest BCUT2D eigenvalue weighted by Crippen LogP contribution is -2.14. The van der Waals surface area contributed by atoms with Crippen LogP contribution in [0.15, 0.2) is 30.5 Å². The summed E-state index contributed by atoms with van der Waals surface area (Å²) in [7, 11) is -3.38. The number of benzene rings is 1. The molecule has 0 fully saturated rings. The first-order chi connectivity index (χ1) is 9.74. The SMILES string of the molecule is Cc1ccc(NC(=O)c2cc(Cl)c[nH]2)cc1NS(C)(=O)=O. The highest BCUT2D eigenvalue weighted by atomic mass is 35.5. The molecule has 0 saturated carbocycles. The summed E-state index contributed by atoms with van der Waals surface area (Å²) in [5.74, 6) is -0.365. The van der Waals surface area contributed by atoms with Crippen LogP contribution in [0.25, 0.3) is 0 Å². The molecule has 1 aromatic carbocycles. The van der Waals surface area contributed by atoms with Crippen molar-refractivity contribution in [1.82, 2.24) is 4.98 Å². The highest BCUT2D eigenvalue weighted by Crippen LogP contribution is 2.22. The van der Waals surface area contributed by atoms with Gasteiger partial charge in [0.1, 0.15) is 5.69 Å². The third-order valence-corrected chi connectivity index (χ3v) is 3.49. The molecule has 0 atom stereocenters. The summed E-state index contributed by atoms with van der Waals surface area (Å²) in [6, 6.07) is 6.45. The number of carbonyl (C=O) groups is 1. The molecule has 2 rings (SSSR count). The number of nitrogens with one attached hydrogen (secondary N) is 3. The van der Waals surface area contributed by atoms with Gasteiger partial charge in [0.2, 0.25) is 10.0 Å². The Balaban J connectivity index is 2.21. The van der Waals surface area contributed by atoms with Crippen molar-refractivity contribution in [2.45, 2.75) is 6.92 Å². The third kappa shape index (κ3) is 4.24. The van der Waals surface area contributed by atoms with Crippen LogP contribution < -0.4 is 10.0 Å². The smallest absolute Gasteiger partial charge is 0.272 e. The second-order valence-electron chi connectivity index (χ2n) is 4.59. The van der Waals surface area contributed by atoms with Crippen LogP contribution >= 0.6 is 11.6 Å². The van der Waals surface area contributed by atoms with Gasteiger partial charge in [-0.1, -0.05) is 17.7 Å². The van der Waals surface area contributed by atoms with Crippen molar-refractivity contribution in [2.24, 2.45) is 0 Å². The number of anilines is 2. The topological polar surface area (TPSA) is 91.1 Å². The van der Waals surface area contributed by atoms with Gasteiger partial charge in [0.25, 0.3) is 5.91 Å². The number of H-pyrrole nitrogens is 1. The fourth-order valence-electron chi connectivity index (χ4n) is 1.71. The van der Waals surface area contributed by atoms with Crippen LogP contribution in [0.5, 0.6) is 0 Å². The van der Waals surface area contributed by atoms with Gasteiger partial charge >= 0.3 is 0 Å². The predicted octanol–water partition coefficient (Wildman–Crippen LogP) is 2.60. The van der Waals surface area contributed by atoms with Gasteiger partial charge in [0.15, 0.2) is 0 Å². The Morgan fingerprint density at radius 3 is 2.57 bits per heavy atom. The third-order valence-electron chi connectivity index (χ3n) is 2.68. The summed E-state index contributed by atoms with van der Waals surface area (Å²) in [6.45, 7) is 1.77. The van der Waals surface area contributed by atoms with Crippen molar-refractivity contribution >= 4 is 38.9 Å². The Morgan fingerprint density at radius 1 is 1.29 bits per heavy atom. The molecular formula is C13H14ClN3O3S. The Hall–Kier alpha value is -1.99. The summed E-state index contributed by atoms with van der Waals surface area (Å²) in [4.78, 5) is 14.7. The Labute approximate surface area is 127 Å². The summed E-state index contributed by atoms with van der Waals surface area (Å²) in [6.07, 6.45) is 2.57. The van der Waals surface area contributed by atoms with Crippen molar-refractivity contribution in [3.63, 3.8) is 0 Å². The Kier molecular flexibility index (Phi) is 4.24. The lowest BCUT2D eigenvalue weighted by molar-refractivity contribution is 0.102. The summed E-state index contributed by atoms with van der Waals surface area (Å²) >= 11 is 5.74. The maximum atomic E-state index is 12.0. The van der Waals surface area contributed by atoms with Crippen LogP contribution in [0.3, 0.4) is 0 Å². The van der Waals surface area contributed by atoms with E-state index in [4.69, 9.17) is 11.6 Å². The molecule has 1 amide bonds. The van der Waals surface area contributed by atoms with Crippen molar-refractivity contribution in [2.75, 3.05) is 16.3 Å². The lowest BCUT2D eigenvalue weighted by atomic mass is 10.2. The van der Waals surface area contributed by atoms with Gasteiger partial charge in [-0.15, -0.1) is 0 Å². The van der Waals surface area contributed by atoms with E-state index in [-0.39, 0.29) is 5.91 Å². The lowest BCUT2D eigenvalue weighted by Gasteiger charge is -2.10. The number of aryl methyl sites for hydroxylation is 1. The fraction of sp³-hybridized carbons (Fsp3) is 0.154. The zero-order chi connectivity index (χ0) is 15.6. The number of rotatable bonds is 4. The minimum absolute atomic E-state index is 0.318. The van der Waals surface area contributed by atoms with Crippen LogP contribution in [-0.2, 0) is 10.0 Å². The van der Waals surface area contributed by atoms with Crippen molar-refractivity contribution in [1.29, 1.82) is 0 Å². The quantitative estimate of drug-likeness (QED) is 0.806. The summed E-state index contributed by atoms with van der Waals surface area (Å²) < 4.78 is 25.0. The monoisotopic (exact) mass is 327 g/mol. The Morgan fingerprint density at radius 2 is 2.00 bits per heavy atom. The predicted molar refractivity (Wildman–Crippen MR) is 83.4 cm³/mol. The van der Waals surface area contributed by atoms with Gasteiger partial charge in [-0.05, 0) is 30.7 Å². The van der Waals surface area contributed by atoms with Crippen molar-refractivity contribution in [3.05, 3.63) is 46.7 Å². The van der Waals surface area contributed by atoms with E-state index in [9.17, 15) is 13.2 Å². The average Bonchev–Trinajstić information content (AvgIpc) is 2.78. The van der Waals surface area contributed by atoms with Gasteiger partial charge in [0, 0.05) is 11.9 Å². The maximum absolute atomic E-state index is 12.0. The van der Waals surface area contributed by atoms with E-state index in [1.807, 2.05) is 0 Å². The van der Waals surface area contributed by atoms with Crippen molar-refractivity contribution < 1.29 is 13.2 Å². The highest BCUT2D eigenvalue weighted by Gasteiger charge is 2.10. The second kappa shape index (κ2) is 5.79. The van der Waals surface area contributed by atoms with Gasteiger partial charge < -0.3 is 10.3 Å². The molecule has 0 spiro atoms. The second-order valence-corrected chi connectivity index (χ2v) is 6.77. The Bertz CT molecular complexity index is 784. The first-order valence-electron chi connectivity index (χ1n) is 5.98. The van der Waals surface area contributed by atoms with Gasteiger partial charge in [-0.3, -0.25) is 9.52 Å². The van der Waals surface area contributed by atoms with E-state index in [0.717, 1.165) is 11.8 Å². The average molecular weight is 328 g/mol. The van der Waals surface area contributed by atoms with Gasteiger partial charge in [0.05, 0.1) is 17.0 Å². The number of aromatic nitrogens is 1. The largest absolute Gasteiger partial charge is 0.356 e. The molecule has 21 heavy (non-hydrogen) atoms. The van der Waals surface area contributed by atoms with E-state index in [2.05, 4.69) is 15.0 Å². The van der Waals surface area contributed by atoms with Gasteiger partial charge in [-0.25, -0.2) is 8.42 Å². The molecule has 1 heterocycles. The molecule has 0 radical (unpaired) electrons. The number of aromatic amines is 1. The van der Waals surface area contributed by atoms with E-state index in [1.54, 1.807) is 25.1 Å². The summed E-state index contributed by atoms with van der Waals surface area (Å²) in [5, 5.41) is 3.10. The van der Waals surface area contributed by atoms with E-state index in [0.29, 0.717) is 22.1 Å². The standard InChI is InChI=1S/C13H14ClN3O3S/c1-8-3-4-10(6-11(8)17-21(2,19)20)16-13(18)12-5-9(14)7-15-12/h3-7,15,17H,1-2H3,(H,16,18). The summed E-state index contributed by atoms with van der Waals surface area (Å²) in [5.41, 5.74) is 1.96. The van der Waals surface area contributed by atoms with Crippen LogP contribution in [0.2, 0.25) is 5.02 Å². The zero-order valence-electron chi connectivity index (χ0n) is 11.4. The number of hydrogen-bond acceptors (Lipinski definition) is 3. The molecule has 2 aromatic rings. The van der Waals surface area contributed by atoms with Crippen LogP contribution in [-0.4, -0.2) is 25.6 Å². The van der Waals surface area contributed by atoms with Gasteiger partial charge in [-0.2, -0.15) is 0 Å². The number of sulfonamides is 1. The molecule has 112 valence electrons. The molecule has 0 bridgehead atoms. The minimum Gasteiger partial charge on any atom is -0.356 e. The highest BCUT2D eigenvalue weighted by molar-refractivity contribution is 7.92. The van der Waals surface area contributed by atoms with Crippen LogP contribution in [0.4, 0.5) is 11.4 Å². The normalized spacial score (nSPS) is 11.2. The number of hydrogen-bond donors (Lipinski definition) is 3. The zero-order valence-corrected chi connectivity index (χ0v) is 13.0. The molecule has 3 N–H and O–H groups in total. The molecular weight excluding hydrogens is 314 g/mol. The fourth-order valence-corrected chi connectivity index (χ4v) is 2.49. The molecule has 1 aromatic heterocycles. The molecule has 0 aliphatic rings. The molecule has 0 unspecified atom stereocenters. The minimum atomic E-state index is -3.38. The number of halogens is 1. The molecule has 8 heteroatoms. The van der Waals surface area contributed by atoms with E-state index >= 15 is 0 Å². The van der Waals surface area contributed by atoms with Crippen LogP contribution in [0, 0.1) is 6.92 Å². The van der Waals surface area contributed by atoms with E-state index in [1.165, 1.54) is 12.3 Å². The van der Waals surface area contributed by atoms with Crippen LogP contribution in [0.1, 0.15) is 16.1 Å². The number of carbonyl (C=O) groups excluding carboxylic acids is 1. The van der Waals surface area contributed by atoms with E-state index < -0.39 is 10.0 Å². The molecule has 6 nitrogen and oxygen atoms in total. The number of amides is 1. The molecule has 0 aliphatic carbocycles. The first-order valence-corrected chi connectivity index (χ1v) is 8.25. The van der Waals surface area contributed by atoms with Crippen molar-refractivity contribution in [3.8, 4) is 0 Å². The molecule has 0 saturated heterocycles.